The molecular weight excluding hydrogens is 302 g/mol. The maximum absolute atomic E-state index is 11.4. The molecule has 2 fully saturated rings. The Morgan fingerprint density at radius 1 is 1.36 bits per heavy atom. The molecule has 0 spiro atoms. The Balaban J connectivity index is 1.69. The lowest BCUT2D eigenvalue weighted by molar-refractivity contribution is -0.141. The van der Waals surface area contributed by atoms with Crippen LogP contribution in [0.4, 0.5) is 5.82 Å². The predicted octanol–water partition coefficient (Wildman–Crippen LogP) is 2.67. The highest BCUT2D eigenvalue weighted by atomic mass is 35.5. The monoisotopic (exact) mass is 323 g/mol. The van der Waals surface area contributed by atoms with E-state index in [-0.39, 0.29) is 11.4 Å². The second-order valence-electron chi connectivity index (χ2n) is 7.31. The number of fused-ring (bicyclic) bond motifs is 1. The van der Waals surface area contributed by atoms with Gasteiger partial charge in [-0.15, -0.1) is 0 Å². The van der Waals surface area contributed by atoms with Gasteiger partial charge in [0.2, 0.25) is 5.28 Å². The van der Waals surface area contributed by atoms with Gasteiger partial charge in [-0.05, 0) is 29.4 Å². The topological polar surface area (TPSA) is 55.3 Å². The molecule has 0 radical (unpaired) electrons. The van der Waals surface area contributed by atoms with Crippen molar-refractivity contribution in [2.45, 2.75) is 32.6 Å². The van der Waals surface area contributed by atoms with Crippen LogP contribution in [0.1, 0.15) is 32.9 Å². The molecule has 22 heavy (non-hydrogen) atoms. The summed E-state index contributed by atoms with van der Waals surface area (Å²) < 4.78 is 4.76. The average Bonchev–Trinajstić information content (AvgIpc) is 2.89. The Hall–Kier alpha value is -1.36. The number of rotatable bonds is 3. The Morgan fingerprint density at radius 3 is 2.55 bits per heavy atom. The molecular formula is C16H22ClN3O2. The van der Waals surface area contributed by atoms with E-state index in [1.54, 1.807) is 0 Å². The molecule has 2 heterocycles. The molecule has 2 aliphatic rings. The molecule has 3 atom stereocenters. The Bertz CT molecular complexity index is 588. The van der Waals surface area contributed by atoms with Crippen LogP contribution in [0.5, 0.6) is 0 Å². The van der Waals surface area contributed by atoms with Crippen molar-refractivity contribution in [3.8, 4) is 0 Å². The van der Waals surface area contributed by atoms with E-state index in [1.165, 1.54) is 7.11 Å². The average molecular weight is 324 g/mol. The second-order valence-corrected chi connectivity index (χ2v) is 7.65. The van der Waals surface area contributed by atoms with E-state index in [2.05, 4.69) is 35.6 Å². The van der Waals surface area contributed by atoms with E-state index in [0.717, 1.165) is 24.6 Å². The first-order valence-corrected chi connectivity index (χ1v) is 8.04. The van der Waals surface area contributed by atoms with Gasteiger partial charge in [-0.3, -0.25) is 4.79 Å². The van der Waals surface area contributed by atoms with Crippen LogP contribution in [-0.2, 0) is 14.9 Å². The smallest absolute Gasteiger partial charge is 0.305 e. The van der Waals surface area contributed by atoms with Crippen molar-refractivity contribution >= 4 is 23.4 Å². The highest BCUT2D eigenvalue weighted by Crippen LogP contribution is 2.54. The number of ether oxygens (including phenoxy) is 1. The third-order valence-electron chi connectivity index (χ3n) is 4.78. The van der Waals surface area contributed by atoms with Gasteiger partial charge in [-0.2, -0.15) is 0 Å². The number of carbonyl (C=O) groups is 1. The number of methoxy groups -OCH3 is 1. The summed E-state index contributed by atoms with van der Waals surface area (Å²) in [7, 11) is 1.45. The summed E-state index contributed by atoms with van der Waals surface area (Å²) in [5.41, 5.74) is 0.895. The highest BCUT2D eigenvalue weighted by molar-refractivity contribution is 6.28. The number of hydrogen-bond acceptors (Lipinski definition) is 5. The van der Waals surface area contributed by atoms with Crippen LogP contribution in [-0.4, -0.2) is 36.1 Å². The molecule has 1 aromatic heterocycles. The molecule has 1 aliphatic heterocycles. The highest BCUT2D eigenvalue weighted by Gasteiger charge is 2.56. The fraction of sp³-hybridized carbons (Fsp3) is 0.688. The third kappa shape index (κ3) is 2.91. The number of nitrogens with zero attached hydrogens (tertiary/aromatic N) is 3. The van der Waals surface area contributed by atoms with Crippen LogP contribution in [0.2, 0.25) is 5.28 Å². The number of aromatic nitrogens is 2. The van der Waals surface area contributed by atoms with Crippen molar-refractivity contribution in [2.24, 2.45) is 17.8 Å². The molecule has 6 heteroatoms. The summed E-state index contributed by atoms with van der Waals surface area (Å²) in [5.74, 6) is 2.42. The van der Waals surface area contributed by atoms with Gasteiger partial charge in [-0.1, -0.05) is 20.8 Å². The Morgan fingerprint density at radius 2 is 2.00 bits per heavy atom. The molecule has 0 bridgehead atoms. The first-order chi connectivity index (χ1) is 10.3. The van der Waals surface area contributed by atoms with Crippen LogP contribution in [0, 0.1) is 17.8 Å². The van der Waals surface area contributed by atoms with E-state index < -0.39 is 0 Å². The molecule has 5 nitrogen and oxygen atoms in total. The first-order valence-electron chi connectivity index (χ1n) is 7.66. The van der Waals surface area contributed by atoms with Crippen LogP contribution in [0.3, 0.4) is 0 Å². The van der Waals surface area contributed by atoms with Crippen LogP contribution >= 0.6 is 11.6 Å². The lowest BCUT2D eigenvalue weighted by Crippen LogP contribution is -2.26. The lowest BCUT2D eigenvalue weighted by atomic mass is 9.92. The van der Waals surface area contributed by atoms with Gasteiger partial charge < -0.3 is 9.64 Å². The van der Waals surface area contributed by atoms with E-state index in [1.807, 2.05) is 6.07 Å². The minimum absolute atomic E-state index is 0.0581. The van der Waals surface area contributed by atoms with Crippen LogP contribution in [0.15, 0.2) is 6.07 Å². The number of anilines is 1. The van der Waals surface area contributed by atoms with Gasteiger partial charge >= 0.3 is 5.97 Å². The van der Waals surface area contributed by atoms with Crippen molar-refractivity contribution < 1.29 is 9.53 Å². The number of carbonyl (C=O) groups excluding carboxylic acids is 1. The van der Waals surface area contributed by atoms with Gasteiger partial charge in [0.15, 0.2) is 0 Å². The van der Waals surface area contributed by atoms with Crippen molar-refractivity contribution in [1.29, 1.82) is 0 Å². The molecule has 1 saturated carbocycles. The van der Waals surface area contributed by atoms with Gasteiger partial charge in [0.05, 0.1) is 12.8 Å². The maximum atomic E-state index is 11.4. The van der Waals surface area contributed by atoms with Gasteiger partial charge in [0, 0.05) is 31.0 Å². The van der Waals surface area contributed by atoms with Gasteiger partial charge in [0.25, 0.3) is 0 Å². The Labute approximate surface area is 136 Å². The molecule has 1 aromatic rings. The van der Waals surface area contributed by atoms with E-state index in [4.69, 9.17) is 16.3 Å². The molecule has 0 amide bonds. The second kappa shape index (κ2) is 5.37. The van der Waals surface area contributed by atoms with Crippen molar-refractivity contribution in [1.82, 2.24) is 9.97 Å². The molecule has 120 valence electrons. The summed E-state index contributed by atoms with van der Waals surface area (Å²) in [6.07, 6.45) is 0.539. The fourth-order valence-corrected chi connectivity index (χ4v) is 3.54. The van der Waals surface area contributed by atoms with Crippen molar-refractivity contribution in [3.63, 3.8) is 0 Å². The first kappa shape index (κ1) is 15.5. The van der Waals surface area contributed by atoms with Crippen molar-refractivity contribution in [3.05, 3.63) is 17.0 Å². The number of hydrogen-bond donors (Lipinski definition) is 0. The molecule has 3 rings (SSSR count). The summed E-state index contributed by atoms with van der Waals surface area (Å²) >= 11 is 6.09. The summed E-state index contributed by atoms with van der Waals surface area (Å²) in [5, 5.41) is 0.300. The quantitative estimate of drug-likeness (QED) is 0.632. The minimum atomic E-state index is -0.106. The Kier molecular flexibility index (Phi) is 3.79. The predicted molar refractivity (Wildman–Crippen MR) is 85.1 cm³/mol. The summed E-state index contributed by atoms with van der Waals surface area (Å²) in [6, 6.07) is 2.03. The number of piperidine rings is 1. The molecule has 1 saturated heterocycles. The zero-order valence-electron chi connectivity index (χ0n) is 13.5. The summed E-state index contributed by atoms with van der Waals surface area (Å²) in [6.45, 7) is 8.21. The normalized spacial score (nSPS) is 26.8. The zero-order chi connectivity index (χ0) is 16.1. The number of esters is 1. The van der Waals surface area contributed by atoms with Gasteiger partial charge in [0.1, 0.15) is 5.82 Å². The zero-order valence-corrected chi connectivity index (χ0v) is 14.2. The van der Waals surface area contributed by atoms with E-state index in [9.17, 15) is 4.79 Å². The molecule has 0 aromatic carbocycles. The SMILES string of the molecule is COC(=O)C[C@H]1[C@H]2CN(c3cc(C(C)(C)C)nc(Cl)n3)C[C@@H]12. The van der Waals surface area contributed by atoms with Gasteiger partial charge in [-0.25, -0.2) is 9.97 Å². The van der Waals surface area contributed by atoms with Crippen LogP contribution in [0.25, 0.3) is 0 Å². The fourth-order valence-electron chi connectivity index (χ4n) is 3.37. The lowest BCUT2D eigenvalue weighted by Gasteiger charge is -2.24. The standard InChI is InChI=1S/C16H22ClN3O2/c1-16(2,3)12-6-13(19-15(17)18-12)20-7-10-9(11(10)8-20)5-14(21)22-4/h6,9-11H,5,7-8H2,1-4H3/t9-,10+,11-. The van der Waals surface area contributed by atoms with Crippen molar-refractivity contribution in [2.75, 3.05) is 25.1 Å². The summed E-state index contributed by atoms with van der Waals surface area (Å²) in [4.78, 5) is 22.3. The minimum Gasteiger partial charge on any atom is -0.469 e. The number of halogens is 1. The van der Waals surface area contributed by atoms with E-state index in [0.29, 0.717) is 29.5 Å². The third-order valence-corrected chi connectivity index (χ3v) is 4.95. The maximum Gasteiger partial charge on any atom is 0.305 e. The van der Waals surface area contributed by atoms with Crippen LogP contribution < -0.4 is 4.90 Å². The largest absolute Gasteiger partial charge is 0.469 e. The molecule has 0 N–H and O–H groups in total. The van der Waals surface area contributed by atoms with E-state index >= 15 is 0 Å². The molecule has 1 aliphatic carbocycles. The molecule has 0 unspecified atom stereocenters.